The highest BCUT2D eigenvalue weighted by Crippen LogP contribution is 2.27. The van der Waals surface area contributed by atoms with Crippen molar-refractivity contribution in [2.75, 3.05) is 45.9 Å². The van der Waals surface area contributed by atoms with Gasteiger partial charge in [-0.05, 0) is 25.1 Å². The van der Waals surface area contributed by atoms with Crippen LogP contribution >= 0.6 is 0 Å². The van der Waals surface area contributed by atoms with E-state index < -0.39 is 17.2 Å². The van der Waals surface area contributed by atoms with Crippen molar-refractivity contribution in [2.45, 2.75) is 13.5 Å². The van der Waals surface area contributed by atoms with Crippen molar-refractivity contribution in [1.29, 1.82) is 0 Å². The van der Waals surface area contributed by atoms with E-state index in [0.29, 0.717) is 11.5 Å². The second kappa shape index (κ2) is 10.3. The molecule has 0 saturated carbocycles. The summed E-state index contributed by atoms with van der Waals surface area (Å²) < 4.78 is 32.1. The monoisotopic (exact) mass is 459 g/mol. The number of halogens is 1. The molecule has 3 aromatic rings. The summed E-state index contributed by atoms with van der Waals surface area (Å²) in [5.41, 5.74) is -0.0137. The first-order valence-corrected chi connectivity index (χ1v) is 10.3. The Kier molecular flexibility index (Phi) is 7.49. The van der Waals surface area contributed by atoms with Crippen LogP contribution in [0, 0.1) is 5.82 Å². The highest BCUT2D eigenvalue weighted by Gasteiger charge is 2.21. The molecule has 2 heterocycles. The van der Waals surface area contributed by atoms with E-state index in [4.69, 9.17) is 14.2 Å². The Morgan fingerprint density at radius 3 is 2.64 bits per heavy atom. The first-order valence-electron chi connectivity index (χ1n) is 10.3. The lowest BCUT2D eigenvalue weighted by Gasteiger charge is -2.20. The lowest BCUT2D eigenvalue weighted by molar-refractivity contribution is 0.0524. The summed E-state index contributed by atoms with van der Waals surface area (Å²) in [6.07, 6.45) is 1.35. The number of aromatic nitrogens is 2. The van der Waals surface area contributed by atoms with Crippen LogP contribution in [0.15, 0.2) is 35.3 Å². The molecule has 33 heavy (non-hydrogen) atoms. The van der Waals surface area contributed by atoms with Gasteiger partial charge in [-0.1, -0.05) is 0 Å². The fourth-order valence-electron chi connectivity index (χ4n) is 3.44. The number of fused-ring (bicyclic) bond motifs is 1. The lowest BCUT2D eigenvalue weighted by Crippen LogP contribution is -2.26. The Morgan fingerprint density at radius 2 is 2.00 bits per heavy atom. The van der Waals surface area contributed by atoms with E-state index in [2.05, 4.69) is 4.98 Å². The first kappa shape index (κ1) is 24.0. The fraction of sp³-hybridized carbons (Fsp3) is 0.348. The second-order valence-corrected chi connectivity index (χ2v) is 7.21. The Bertz CT molecular complexity index is 1230. The van der Waals surface area contributed by atoms with E-state index in [0.717, 1.165) is 11.6 Å². The maximum atomic E-state index is 14.8. The van der Waals surface area contributed by atoms with Crippen LogP contribution in [0.3, 0.4) is 0 Å². The van der Waals surface area contributed by atoms with Crippen LogP contribution in [0.25, 0.3) is 11.0 Å². The Labute approximate surface area is 189 Å². The molecule has 0 radical (unpaired) electrons. The van der Waals surface area contributed by atoms with Crippen LogP contribution in [0.4, 0.5) is 10.2 Å². The molecule has 1 N–H and O–H groups in total. The average molecular weight is 459 g/mol. The predicted molar refractivity (Wildman–Crippen MR) is 121 cm³/mol. The number of ether oxygens (including phenoxy) is 3. The summed E-state index contributed by atoms with van der Waals surface area (Å²) in [4.78, 5) is 31.3. The number of pyridine rings is 2. The molecule has 0 amide bonds. The van der Waals surface area contributed by atoms with Gasteiger partial charge in [-0.25, -0.2) is 14.2 Å². The molecule has 0 aliphatic heterocycles. The molecule has 0 aliphatic rings. The molecule has 1 aromatic carbocycles. The quantitative estimate of drug-likeness (QED) is 0.486. The Morgan fingerprint density at radius 1 is 1.24 bits per heavy atom. The molecule has 0 saturated heterocycles. The number of nitrogens with zero attached hydrogens (tertiary/aromatic N) is 3. The number of aliphatic hydroxyl groups is 1. The van der Waals surface area contributed by atoms with Crippen molar-refractivity contribution >= 4 is 22.8 Å². The van der Waals surface area contributed by atoms with Gasteiger partial charge in [0.1, 0.15) is 22.7 Å². The van der Waals surface area contributed by atoms with E-state index in [1.54, 1.807) is 36.7 Å². The highest BCUT2D eigenvalue weighted by atomic mass is 19.1. The normalized spacial score (nSPS) is 10.8. The highest BCUT2D eigenvalue weighted by molar-refractivity contribution is 5.93. The van der Waals surface area contributed by atoms with E-state index in [1.165, 1.54) is 25.3 Å². The third-order valence-electron chi connectivity index (χ3n) is 5.11. The van der Waals surface area contributed by atoms with Gasteiger partial charge in [-0.3, -0.25) is 4.79 Å². The zero-order valence-corrected chi connectivity index (χ0v) is 18.9. The van der Waals surface area contributed by atoms with Gasteiger partial charge in [0.05, 0.1) is 39.4 Å². The van der Waals surface area contributed by atoms with Gasteiger partial charge in [-0.15, -0.1) is 0 Å². The number of carbonyl (C=O) groups excluding carboxylic acids is 1. The largest absolute Gasteiger partial charge is 0.497 e. The van der Waals surface area contributed by atoms with Gasteiger partial charge in [-0.2, -0.15) is 0 Å². The number of rotatable bonds is 9. The SMILES string of the molecule is CCOC(=O)c1cn(Cc2ccc(OC)cc2OC)c2nc(N(C)CCO)c(F)cc2c1=O. The number of likely N-dealkylation sites (N-methyl/N-ethyl adjacent to an activating group) is 1. The third kappa shape index (κ3) is 4.90. The number of methoxy groups -OCH3 is 2. The van der Waals surface area contributed by atoms with Crippen molar-refractivity contribution < 1.29 is 28.5 Å². The van der Waals surface area contributed by atoms with Crippen molar-refractivity contribution in [3.05, 3.63) is 57.6 Å². The van der Waals surface area contributed by atoms with Crippen molar-refractivity contribution in [3.8, 4) is 11.5 Å². The predicted octanol–water partition coefficient (Wildman–Crippen LogP) is 2.21. The van der Waals surface area contributed by atoms with Crippen LogP contribution in [0.1, 0.15) is 22.8 Å². The summed E-state index contributed by atoms with van der Waals surface area (Å²) in [5.74, 6) is -0.457. The zero-order chi connectivity index (χ0) is 24.1. The minimum Gasteiger partial charge on any atom is -0.497 e. The van der Waals surface area contributed by atoms with Crippen LogP contribution in [0.5, 0.6) is 11.5 Å². The van der Waals surface area contributed by atoms with E-state index in [1.807, 2.05) is 0 Å². The van der Waals surface area contributed by atoms with Crippen molar-refractivity contribution in [3.63, 3.8) is 0 Å². The van der Waals surface area contributed by atoms with Crippen LogP contribution in [-0.4, -0.2) is 61.7 Å². The molecule has 0 bridgehead atoms. The van der Waals surface area contributed by atoms with Crippen molar-refractivity contribution in [2.24, 2.45) is 0 Å². The molecule has 10 heteroatoms. The van der Waals surface area contributed by atoms with Gasteiger partial charge in [0.2, 0.25) is 5.43 Å². The van der Waals surface area contributed by atoms with Gasteiger partial charge in [0.15, 0.2) is 11.6 Å². The molecular weight excluding hydrogens is 433 g/mol. The average Bonchev–Trinajstić information content (AvgIpc) is 2.81. The number of esters is 1. The minimum atomic E-state index is -0.804. The first-order chi connectivity index (χ1) is 15.8. The van der Waals surface area contributed by atoms with Crippen LogP contribution in [0.2, 0.25) is 0 Å². The molecule has 3 rings (SSSR count). The topological polar surface area (TPSA) is 103 Å². The summed E-state index contributed by atoms with van der Waals surface area (Å²) in [7, 11) is 4.63. The van der Waals surface area contributed by atoms with E-state index >= 15 is 0 Å². The number of benzene rings is 1. The number of hydrogen-bond donors (Lipinski definition) is 1. The molecule has 0 atom stereocenters. The summed E-state index contributed by atoms with van der Waals surface area (Å²) in [5, 5.41) is 9.16. The zero-order valence-electron chi connectivity index (χ0n) is 18.9. The molecule has 0 fully saturated rings. The van der Waals surface area contributed by atoms with Gasteiger partial charge < -0.3 is 28.8 Å². The number of carbonyl (C=O) groups is 1. The smallest absolute Gasteiger partial charge is 0.343 e. The minimum absolute atomic E-state index is 0.0321. The molecule has 0 spiro atoms. The Hall–Kier alpha value is -3.66. The number of anilines is 1. The third-order valence-corrected chi connectivity index (χ3v) is 5.11. The van der Waals surface area contributed by atoms with Crippen LogP contribution in [-0.2, 0) is 11.3 Å². The van der Waals surface area contributed by atoms with Crippen molar-refractivity contribution in [1.82, 2.24) is 9.55 Å². The summed E-state index contributed by atoms with van der Waals surface area (Å²) in [6, 6.07) is 6.30. The molecule has 0 aliphatic carbocycles. The van der Waals surface area contributed by atoms with E-state index in [9.17, 15) is 19.1 Å². The molecule has 0 unspecified atom stereocenters. The second-order valence-electron chi connectivity index (χ2n) is 7.21. The summed E-state index contributed by atoms with van der Waals surface area (Å²) in [6.45, 7) is 1.82. The molecule has 176 valence electrons. The lowest BCUT2D eigenvalue weighted by atomic mass is 10.1. The maximum Gasteiger partial charge on any atom is 0.343 e. The van der Waals surface area contributed by atoms with Gasteiger partial charge in [0.25, 0.3) is 0 Å². The fourth-order valence-corrected chi connectivity index (χ4v) is 3.44. The molecule has 9 nitrogen and oxygen atoms in total. The molecule has 2 aromatic heterocycles. The number of hydrogen-bond acceptors (Lipinski definition) is 8. The van der Waals surface area contributed by atoms with Gasteiger partial charge >= 0.3 is 5.97 Å². The standard InChI is InChI=1S/C23H26FN3O6/c1-5-33-23(30)17-13-27(12-14-6-7-15(31-3)10-19(14)32-4)21-16(20(17)29)11-18(24)22(25-21)26(2)8-9-28/h6-7,10-11,13,28H,5,8-9,12H2,1-4H3. The number of aliphatic hydroxyl groups excluding tert-OH is 1. The Balaban J connectivity index is 2.26. The van der Waals surface area contributed by atoms with Gasteiger partial charge in [0, 0.05) is 31.4 Å². The molecular formula is C23H26FN3O6. The summed E-state index contributed by atoms with van der Waals surface area (Å²) >= 11 is 0. The van der Waals surface area contributed by atoms with Crippen LogP contribution < -0.4 is 19.8 Å². The van der Waals surface area contributed by atoms with E-state index in [-0.39, 0.29) is 48.7 Å². The maximum absolute atomic E-state index is 14.8.